The van der Waals surface area contributed by atoms with Crippen molar-refractivity contribution in [3.05, 3.63) is 63.6 Å². The van der Waals surface area contributed by atoms with Gasteiger partial charge in [0.05, 0.1) is 0 Å². The fourth-order valence-corrected chi connectivity index (χ4v) is 3.66. The van der Waals surface area contributed by atoms with E-state index in [1.807, 2.05) is 37.3 Å². The number of hydrogen-bond acceptors (Lipinski definition) is 2. The maximum Gasteiger partial charge on any atom is 0.0493 e. The first-order chi connectivity index (χ1) is 9.06. The molecule has 100 valence electrons. The molecule has 2 aromatic carbocycles. The smallest absolute Gasteiger partial charge is 0.0493 e. The van der Waals surface area contributed by atoms with Crippen LogP contribution in [0.4, 0.5) is 0 Å². The molecule has 0 aliphatic rings. The Kier molecular flexibility index (Phi) is 5.34. The Morgan fingerprint density at radius 3 is 2.53 bits per heavy atom. The van der Waals surface area contributed by atoms with Crippen LogP contribution in [0.25, 0.3) is 0 Å². The van der Waals surface area contributed by atoms with Gasteiger partial charge in [0.15, 0.2) is 0 Å². The molecule has 0 aromatic heterocycles. The zero-order valence-corrected chi connectivity index (χ0v) is 13.7. The molecule has 2 rings (SSSR count). The average molecular weight is 357 g/mol. The molecule has 0 amide bonds. The second-order valence-electron chi connectivity index (χ2n) is 4.41. The predicted molar refractivity (Wildman–Crippen MR) is 87.8 cm³/mol. The lowest BCUT2D eigenvalue weighted by Gasteiger charge is -2.21. The van der Waals surface area contributed by atoms with Crippen molar-refractivity contribution in [3.63, 3.8) is 0 Å². The Morgan fingerprint density at radius 1 is 1.16 bits per heavy atom. The molecule has 2 unspecified atom stereocenters. The topological polar surface area (TPSA) is 26.0 Å². The van der Waals surface area contributed by atoms with Crippen LogP contribution in [0.1, 0.15) is 17.7 Å². The summed E-state index contributed by atoms with van der Waals surface area (Å²) in [5, 5.41) is 0.957. The van der Waals surface area contributed by atoms with Gasteiger partial charge in [0.1, 0.15) is 0 Å². The van der Waals surface area contributed by atoms with E-state index in [1.54, 1.807) is 11.8 Å². The number of rotatable bonds is 4. The summed E-state index contributed by atoms with van der Waals surface area (Å²) < 4.78 is 1.07. The fraction of sp³-hybridized carbons (Fsp3) is 0.200. The molecule has 0 aliphatic carbocycles. The highest BCUT2D eigenvalue weighted by Gasteiger charge is 2.18. The van der Waals surface area contributed by atoms with Gasteiger partial charge in [-0.25, -0.2) is 0 Å². The Bertz CT molecular complexity index is 559. The van der Waals surface area contributed by atoms with Gasteiger partial charge in [0, 0.05) is 25.7 Å². The highest BCUT2D eigenvalue weighted by atomic mass is 79.9. The van der Waals surface area contributed by atoms with Crippen molar-refractivity contribution < 1.29 is 0 Å². The van der Waals surface area contributed by atoms with Crippen molar-refractivity contribution in [3.8, 4) is 0 Å². The number of hydrogen-bond donors (Lipinski definition) is 1. The first-order valence-electron chi connectivity index (χ1n) is 5.99. The van der Waals surface area contributed by atoms with Gasteiger partial charge in [-0.05, 0) is 42.8 Å². The SMILES string of the molecule is CC(N)C(Sc1cccc(Cl)c1)c1cccc(Br)c1. The van der Waals surface area contributed by atoms with E-state index in [0.717, 1.165) is 14.4 Å². The molecule has 0 radical (unpaired) electrons. The van der Waals surface area contributed by atoms with Gasteiger partial charge in [-0.3, -0.25) is 0 Å². The lowest BCUT2D eigenvalue weighted by Crippen LogP contribution is -2.22. The van der Waals surface area contributed by atoms with E-state index in [1.165, 1.54) is 5.56 Å². The van der Waals surface area contributed by atoms with Gasteiger partial charge in [-0.1, -0.05) is 45.7 Å². The van der Waals surface area contributed by atoms with E-state index >= 15 is 0 Å². The van der Waals surface area contributed by atoms with E-state index < -0.39 is 0 Å². The normalized spacial score (nSPS) is 14.1. The van der Waals surface area contributed by atoms with Gasteiger partial charge in [-0.2, -0.15) is 0 Å². The summed E-state index contributed by atoms with van der Waals surface area (Å²) in [6.45, 7) is 2.03. The maximum atomic E-state index is 6.14. The highest BCUT2D eigenvalue weighted by molar-refractivity contribution is 9.10. The largest absolute Gasteiger partial charge is 0.327 e. The molecule has 1 nitrogen and oxygen atoms in total. The second kappa shape index (κ2) is 6.80. The lowest BCUT2D eigenvalue weighted by atomic mass is 10.1. The van der Waals surface area contributed by atoms with Crippen molar-refractivity contribution in [1.29, 1.82) is 0 Å². The molecule has 0 heterocycles. The zero-order chi connectivity index (χ0) is 13.8. The Labute approximate surface area is 131 Å². The van der Waals surface area contributed by atoms with Gasteiger partial charge in [0.25, 0.3) is 0 Å². The van der Waals surface area contributed by atoms with Crippen LogP contribution in [0.2, 0.25) is 5.02 Å². The van der Waals surface area contributed by atoms with Crippen LogP contribution in [0.3, 0.4) is 0 Å². The first kappa shape index (κ1) is 14.9. The molecule has 2 aromatic rings. The summed E-state index contributed by atoms with van der Waals surface area (Å²) in [4.78, 5) is 1.13. The van der Waals surface area contributed by atoms with Gasteiger partial charge in [0.2, 0.25) is 0 Å². The molecular weight excluding hydrogens is 342 g/mol. The van der Waals surface area contributed by atoms with E-state index in [-0.39, 0.29) is 11.3 Å². The summed E-state index contributed by atoms with van der Waals surface area (Å²) in [6.07, 6.45) is 0. The van der Waals surface area contributed by atoms with Gasteiger partial charge < -0.3 is 5.73 Å². The maximum absolute atomic E-state index is 6.14. The molecule has 0 bridgehead atoms. The molecule has 0 aliphatic heterocycles. The van der Waals surface area contributed by atoms with Crippen LogP contribution >= 0.6 is 39.3 Å². The predicted octanol–water partition coefficient (Wildman–Crippen LogP) is 5.28. The van der Waals surface area contributed by atoms with Gasteiger partial charge in [-0.15, -0.1) is 11.8 Å². The molecule has 19 heavy (non-hydrogen) atoms. The minimum Gasteiger partial charge on any atom is -0.327 e. The van der Waals surface area contributed by atoms with Crippen molar-refractivity contribution in [2.24, 2.45) is 5.73 Å². The number of benzene rings is 2. The van der Waals surface area contributed by atoms with Crippen LogP contribution < -0.4 is 5.73 Å². The number of nitrogens with two attached hydrogens (primary N) is 1. The summed E-state index contributed by atoms with van der Waals surface area (Å²) in [5.41, 5.74) is 7.35. The monoisotopic (exact) mass is 355 g/mol. The number of thioether (sulfide) groups is 1. The lowest BCUT2D eigenvalue weighted by molar-refractivity contribution is 0.721. The highest BCUT2D eigenvalue weighted by Crippen LogP contribution is 2.38. The zero-order valence-electron chi connectivity index (χ0n) is 10.5. The third-order valence-corrected chi connectivity index (χ3v) is 4.92. The van der Waals surface area contributed by atoms with E-state index in [0.29, 0.717) is 0 Å². The third kappa shape index (κ3) is 4.25. The van der Waals surface area contributed by atoms with Gasteiger partial charge >= 0.3 is 0 Å². The van der Waals surface area contributed by atoms with Crippen LogP contribution in [0.5, 0.6) is 0 Å². The van der Waals surface area contributed by atoms with Crippen molar-refractivity contribution >= 4 is 39.3 Å². The Hall–Kier alpha value is -0.480. The van der Waals surface area contributed by atoms with Crippen molar-refractivity contribution in [1.82, 2.24) is 0 Å². The van der Waals surface area contributed by atoms with E-state index in [4.69, 9.17) is 17.3 Å². The molecule has 2 N–H and O–H groups in total. The molecule has 4 heteroatoms. The summed E-state index contributed by atoms with van der Waals surface area (Å²) in [7, 11) is 0. The van der Waals surface area contributed by atoms with Crippen molar-refractivity contribution in [2.75, 3.05) is 0 Å². The molecule has 0 fully saturated rings. The molecule has 0 spiro atoms. The molecule has 2 atom stereocenters. The molecular formula is C15H15BrClNS. The first-order valence-corrected chi connectivity index (χ1v) is 8.04. The van der Waals surface area contributed by atoms with E-state index in [9.17, 15) is 0 Å². The Morgan fingerprint density at radius 2 is 1.89 bits per heavy atom. The van der Waals surface area contributed by atoms with Crippen LogP contribution in [-0.4, -0.2) is 6.04 Å². The van der Waals surface area contributed by atoms with Crippen LogP contribution in [0.15, 0.2) is 57.9 Å². The minimum atomic E-state index is 0.0540. The fourth-order valence-electron chi connectivity index (χ4n) is 1.85. The van der Waals surface area contributed by atoms with E-state index in [2.05, 4.69) is 34.1 Å². The summed E-state index contributed by atoms with van der Waals surface area (Å²) in [6, 6.07) is 16.2. The molecule has 0 saturated carbocycles. The molecule has 0 saturated heterocycles. The quantitative estimate of drug-likeness (QED) is 0.754. The average Bonchev–Trinajstić information content (AvgIpc) is 2.35. The van der Waals surface area contributed by atoms with Crippen molar-refractivity contribution in [2.45, 2.75) is 23.1 Å². The second-order valence-corrected chi connectivity index (χ2v) is 6.98. The summed E-state index contributed by atoms with van der Waals surface area (Å²) >= 11 is 11.3. The standard InChI is InChI=1S/C15H15BrClNS/c1-10(18)15(11-4-2-5-12(16)8-11)19-14-7-3-6-13(17)9-14/h2-10,15H,18H2,1H3. The third-order valence-electron chi connectivity index (χ3n) is 2.71. The van der Waals surface area contributed by atoms with Crippen LogP contribution in [-0.2, 0) is 0 Å². The van der Waals surface area contributed by atoms with Crippen LogP contribution in [0, 0.1) is 0 Å². The Balaban J connectivity index is 2.26. The number of halogens is 2. The minimum absolute atomic E-state index is 0.0540. The summed E-state index contributed by atoms with van der Waals surface area (Å²) in [5.74, 6) is 0.